The minimum absolute atomic E-state index is 0.199. The largest absolute Gasteiger partial charge is 0.333 e. The first-order valence-electron chi connectivity index (χ1n) is 9.70. The van der Waals surface area contributed by atoms with E-state index in [1.807, 2.05) is 38.1 Å². The number of aryl methyl sites for hydroxylation is 2. The van der Waals surface area contributed by atoms with Crippen molar-refractivity contribution < 1.29 is 19.2 Å². The second-order valence-corrected chi connectivity index (χ2v) is 8.73. The maximum Gasteiger partial charge on any atom is 0.319 e. The highest BCUT2D eigenvalue weighted by Crippen LogP contribution is 2.33. The molecule has 1 unspecified atom stereocenters. The van der Waals surface area contributed by atoms with Gasteiger partial charge in [-0.1, -0.05) is 12.1 Å². The van der Waals surface area contributed by atoms with Crippen molar-refractivity contribution in [3.05, 3.63) is 50.7 Å². The van der Waals surface area contributed by atoms with Crippen molar-refractivity contribution in [2.24, 2.45) is 0 Å². The van der Waals surface area contributed by atoms with Crippen molar-refractivity contribution in [3.8, 4) is 0 Å². The lowest BCUT2D eigenvalue weighted by Crippen LogP contribution is -2.52. The lowest BCUT2D eigenvalue weighted by molar-refractivity contribution is -0.136. The number of anilines is 1. The Morgan fingerprint density at radius 1 is 1.23 bits per heavy atom. The van der Waals surface area contributed by atoms with Crippen LogP contribution in [0.15, 0.2) is 24.3 Å². The van der Waals surface area contributed by atoms with Gasteiger partial charge in [-0.25, -0.2) is 4.79 Å². The molecule has 4 rings (SSSR count). The summed E-state index contributed by atoms with van der Waals surface area (Å²) in [5.41, 5.74) is 3.65. The number of carbonyl (C=O) groups is 4. The lowest BCUT2D eigenvalue weighted by Gasteiger charge is -2.29. The van der Waals surface area contributed by atoms with Crippen molar-refractivity contribution >= 4 is 40.8 Å². The summed E-state index contributed by atoms with van der Waals surface area (Å²) in [6, 6.07) is 6.82. The van der Waals surface area contributed by atoms with Gasteiger partial charge in [-0.05, 0) is 49.1 Å². The van der Waals surface area contributed by atoms with Crippen LogP contribution < -0.4 is 16.0 Å². The van der Waals surface area contributed by atoms with Gasteiger partial charge in [-0.3, -0.25) is 19.7 Å². The molecule has 30 heavy (non-hydrogen) atoms. The van der Waals surface area contributed by atoms with E-state index < -0.39 is 11.9 Å². The van der Waals surface area contributed by atoms with E-state index in [1.54, 1.807) is 0 Å². The van der Waals surface area contributed by atoms with Gasteiger partial charge in [0.25, 0.3) is 5.91 Å². The Kier molecular flexibility index (Phi) is 5.29. The number of fused-ring (bicyclic) bond motifs is 1. The fourth-order valence-electron chi connectivity index (χ4n) is 3.69. The van der Waals surface area contributed by atoms with E-state index >= 15 is 0 Å². The highest BCUT2D eigenvalue weighted by Gasteiger charge is 2.40. The number of piperidine rings is 1. The summed E-state index contributed by atoms with van der Waals surface area (Å²) in [6.07, 6.45) is 0.580. The zero-order valence-corrected chi connectivity index (χ0v) is 17.5. The summed E-state index contributed by atoms with van der Waals surface area (Å²) in [5.74, 6) is -0.916. The second-order valence-electron chi connectivity index (χ2n) is 7.59. The molecule has 5 amide bonds. The molecule has 1 saturated heterocycles. The molecule has 1 aromatic carbocycles. The lowest BCUT2D eigenvalue weighted by atomic mass is 10.0. The van der Waals surface area contributed by atoms with Gasteiger partial charge in [0, 0.05) is 23.5 Å². The van der Waals surface area contributed by atoms with E-state index in [0.717, 1.165) is 27.3 Å². The summed E-state index contributed by atoms with van der Waals surface area (Å²) in [4.78, 5) is 51.4. The topological polar surface area (TPSA) is 108 Å². The van der Waals surface area contributed by atoms with Crippen LogP contribution in [0, 0.1) is 13.8 Å². The number of hydrogen-bond donors (Lipinski definition) is 3. The van der Waals surface area contributed by atoms with Crippen molar-refractivity contribution in [2.45, 2.75) is 45.8 Å². The van der Waals surface area contributed by atoms with Crippen LogP contribution in [0.4, 0.5) is 10.5 Å². The molecule has 8 nitrogen and oxygen atoms in total. The van der Waals surface area contributed by atoms with Gasteiger partial charge in [-0.2, -0.15) is 0 Å². The molecule has 3 heterocycles. The first-order chi connectivity index (χ1) is 14.3. The molecular weight excluding hydrogens is 404 g/mol. The third-order valence-corrected chi connectivity index (χ3v) is 6.47. The van der Waals surface area contributed by atoms with Gasteiger partial charge in [0.1, 0.15) is 6.04 Å². The Labute approximate surface area is 177 Å². The number of urea groups is 1. The van der Waals surface area contributed by atoms with Crippen LogP contribution in [0.2, 0.25) is 0 Å². The number of imide groups is 1. The van der Waals surface area contributed by atoms with Gasteiger partial charge in [-0.15, -0.1) is 11.3 Å². The van der Waals surface area contributed by atoms with E-state index in [2.05, 4.69) is 16.0 Å². The third kappa shape index (κ3) is 3.93. The van der Waals surface area contributed by atoms with E-state index in [9.17, 15) is 19.2 Å². The van der Waals surface area contributed by atoms with Gasteiger partial charge in [0.05, 0.1) is 11.4 Å². The van der Waals surface area contributed by atoms with Gasteiger partial charge in [0.15, 0.2) is 0 Å². The molecule has 2 aliphatic rings. The first-order valence-corrected chi connectivity index (χ1v) is 10.5. The molecular formula is C21H22N4O4S. The third-order valence-electron chi connectivity index (χ3n) is 5.31. The smallest absolute Gasteiger partial charge is 0.319 e. The highest BCUT2D eigenvalue weighted by molar-refractivity contribution is 7.14. The van der Waals surface area contributed by atoms with Gasteiger partial charge < -0.3 is 15.5 Å². The average Bonchev–Trinajstić information content (AvgIpc) is 3.22. The number of amides is 5. The second kappa shape index (κ2) is 7.91. The normalized spacial score (nSPS) is 18.3. The number of benzene rings is 1. The van der Waals surface area contributed by atoms with E-state index in [-0.39, 0.29) is 24.3 Å². The van der Waals surface area contributed by atoms with Crippen LogP contribution >= 0.6 is 11.3 Å². The predicted molar refractivity (Wildman–Crippen MR) is 112 cm³/mol. The molecule has 2 aromatic rings. The number of nitrogens with zero attached hydrogens (tertiary/aromatic N) is 1. The fourth-order valence-corrected chi connectivity index (χ4v) is 4.76. The maximum atomic E-state index is 12.8. The number of carbonyl (C=O) groups excluding carboxylic acids is 4. The van der Waals surface area contributed by atoms with Crippen molar-refractivity contribution in [1.82, 2.24) is 15.5 Å². The van der Waals surface area contributed by atoms with Crippen LogP contribution in [0.25, 0.3) is 0 Å². The monoisotopic (exact) mass is 426 g/mol. The number of hydrogen-bond acceptors (Lipinski definition) is 5. The standard InChI is InChI=1S/C21H22N4O4S/c1-11-3-4-12(2)15(7-11)23-21(29)22-9-14-8-13-10-25(20(28)18(13)30-14)16-5-6-17(26)24-19(16)27/h3-4,7-8,16H,5-6,9-10H2,1-2H3,(H2,22,23,29)(H,24,26,27). The maximum absolute atomic E-state index is 12.8. The Bertz CT molecular complexity index is 1060. The molecule has 1 fully saturated rings. The van der Waals surface area contributed by atoms with E-state index in [0.29, 0.717) is 24.4 Å². The summed E-state index contributed by atoms with van der Waals surface area (Å²) in [7, 11) is 0. The molecule has 9 heteroatoms. The molecule has 1 atom stereocenters. The summed E-state index contributed by atoms with van der Waals surface area (Å²) >= 11 is 1.32. The number of nitrogens with one attached hydrogen (secondary N) is 3. The van der Waals surface area contributed by atoms with Crippen LogP contribution in [-0.4, -0.2) is 34.7 Å². The summed E-state index contributed by atoms with van der Waals surface area (Å²) in [6.45, 7) is 4.54. The molecule has 2 aliphatic heterocycles. The Hall–Kier alpha value is -3.20. The van der Waals surface area contributed by atoms with Gasteiger partial charge in [0.2, 0.25) is 11.8 Å². The van der Waals surface area contributed by atoms with Crippen molar-refractivity contribution in [3.63, 3.8) is 0 Å². The minimum Gasteiger partial charge on any atom is -0.333 e. The quantitative estimate of drug-likeness (QED) is 0.653. The van der Waals surface area contributed by atoms with E-state index in [4.69, 9.17) is 0 Å². The average molecular weight is 426 g/mol. The zero-order valence-electron chi connectivity index (χ0n) is 16.7. The molecule has 1 aromatic heterocycles. The molecule has 0 saturated carbocycles. The van der Waals surface area contributed by atoms with Gasteiger partial charge >= 0.3 is 6.03 Å². The molecule has 0 spiro atoms. The molecule has 3 N–H and O–H groups in total. The summed E-state index contributed by atoms with van der Waals surface area (Å²) < 4.78 is 0. The van der Waals surface area contributed by atoms with Crippen molar-refractivity contribution in [2.75, 3.05) is 5.32 Å². The zero-order chi connectivity index (χ0) is 21.4. The highest BCUT2D eigenvalue weighted by atomic mass is 32.1. The molecule has 0 aliphatic carbocycles. The van der Waals surface area contributed by atoms with Crippen LogP contribution in [0.5, 0.6) is 0 Å². The SMILES string of the molecule is Cc1ccc(C)c(NC(=O)NCc2cc3c(s2)C(=O)N(C2CCC(=O)NC2=O)C3)c1. The Morgan fingerprint density at radius 2 is 2.03 bits per heavy atom. The van der Waals surface area contributed by atoms with Crippen LogP contribution in [-0.2, 0) is 22.7 Å². The predicted octanol–water partition coefficient (Wildman–Crippen LogP) is 2.45. The van der Waals surface area contributed by atoms with E-state index in [1.165, 1.54) is 16.2 Å². The number of rotatable bonds is 4. The molecule has 156 valence electrons. The Morgan fingerprint density at radius 3 is 2.77 bits per heavy atom. The van der Waals surface area contributed by atoms with Crippen LogP contribution in [0.3, 0.4) is 0 Å². The van der Waals surface area contributed by atoms with Crippen molar-refractivity contribution in [1.29, 1.82) is 0 Å². The summed E-state index contributed by atoms with van der Waals surface area (Å²) in [5, 5.41) is 7.96. The fraction of sp³-hybridized carbons (Fsp3) is 0.333. The molecule has 0 radical (unpaired) electrons. The minimum atomic E-state index is -0.611. The van der Waals surface area contributed by atoms with Crippen LogP contribution in [0.1, 0.15) is 44.1 Å². The molecule has 0 bridgehead atoms. The first kappa shape index (κ1) is 20.1. The number of thiophene rings is 1. The Balaban J connectivity index is 1.36.